The minimum atomic E-state index is -0.640. The van der Waals surface area contributed by atoms with Crippen LogP contribution in [0.3, 0.4) is 0 Å². The predicted molar refractivity (Wildman–Crippen MR) is 153 cm³/mol. The first-order valence-electron chi connectivity index (χ1n) is 12.6. The monoisotopic (exact) mass is 538 g/mol. The van der Waals surface area contributed by atoms with Crippen LogP contribution in [-0.4, -0.2) is 42.2 Å². The molecule has 37 heavy (non-hydrogen) atoms. The fourth-order valence-electron chi connectivity index (χ4n) is 3.97. The van der Waals surface area contributed by atoms with Crippen LogP contribution in [0.2, 0.25) is 5.02 Å². The summed E-state index contributed by atoms with van der Waals surface area (Å²) in [4.78, 5) is 28.9. The molecule has 0 bridgehead atoms. The number of unbranched alkanes of at least 4 members (excludes halogenated alkanes) is 1. The van der Waals surface area contributed by atoms with Crippen molar-refractivity contribution >= 4 is 35.2 Å². The molecule has 0 unspecified atom stereocenters. The Labute approximate surface area is 229 Å². The van der Waals surface area contributed by atoms with E-state index in [0.717, 1.165) is 29.5 Å². The second-order valence-corrected chi connectivity index (χ2v) is 10.2. The lowest BCUT2D eigenvalue weighted by Gasteiger charge is -2.31. The van der Waals surface area contributed by atoms with E-state index in [2.05, 4.69) is 12.2 Å². The lowest BCUT2D eigenvalue weighted by Crippen LogP contribution is -2.51. The van der Waals surface area contributed by atoms with Crippen molar-refractivity contribution in [3.63, 3.8) is 0 Å². The maximum absolute atomic E-state index is 13.7. The molecule has 5 nitrogen and oxygen atoms in total. The van der Waals surface area contributed by atoms with E-state index >= 15 is 0 Å². The Balaban J connectivity index is 1.85. The highest BCUT2D eigenvalue weighted by molar-refractivity contribution is 7.99. The van der Waals surface area contributed by atoms with Gasteiger partial charge in [0.2, 0.25) is 11.8 Å². The zero-order valence-corrected chi connectivity index (χ0v) is 23.1. The maximum atomic E-state index is 13.7. The molecular weight excluding hydrogens is 504 g/mol. The third kappa shape index (κ3) is 9.13. The first kappa shape index (κ1) is 28.6. The van der Waals surface area contributed by atoms with Crippen LogP contribution in [0.4, 0.5) is 0 Å². The molecule has 0 saturated carbocycles. The lowest BCUT2D eigenvalue weighted by atomic mass is 10.0. The molecule has 1 N–H and O–H groups in total. The quantitative estimate of drug-likeness (QED) is 0.250. The van der Waals surface area contributed by atoms with E-state index in [1.807, 2.05) is 78.9 Å². The highest BCUT2D eigenvalue weighted by Crippen LogP contribution is 2.23. The number of carbonyl (C=O) groups is 2. The summed E-state index contributed by atoms with van der Waals surface area (Å²) in [5, 5.41) is 3.74. The number of methoxy groups -OCH3 is 1. The zero-order chi connectivity index (χ0) is 26.5. The van der Waals surface area contributed by atoms with Crippen molar-refractivity contribution in [1.29, 1.82) is 0 Å². The van der Waals surface area contributed by atoms with E-state index < -0.39 is 6.04 Å². The van der Waals surface area contributed by atoms with Crippen LogP contribution in [0, 0.1) is 0 Å². The summed E-state index contributed by atoms with van der Waals surface area (Å²) in [6, 6.07) is 24.5. The minimum absolute atomic E-state index is 0.0913. The number of nitrogens with zero attached hydrogens (tertiary/aromatic N) is 1. The average Bonchev–Trinajstić information content (AvgIpc) is 2.92. The van der Waals surface area contributed by atoms with Crippen LogP contribution in [0.15, 0.2) is 78.9 Å². The normalized spacial score (nSPS) is 11.5. The number of nitrogens with one attached hydrogen (secondary N) is 1. The Morgan fingerprint density at radius 3 is 2.46 bits per heavy atom. The van der Waals surface area contributed by atoms with E-state index in [-0.39, 0.29) is 17.6 Å². The van der Waals surface area contributed by atoms with Crippen molar-refractivity contribution in [2.45, 2.75) is 44.5 Å². The van der Waals surface area contributed by atoms with Crippen molar-refractivity contribution in [2.24, 2.45) is 0 Å². The molecule has 0 heterocycles. The molecule has 1 atom stereocenters. The van der Waals surface area contributed by atoms with Crippen molar-refractivity contribution in [1.82, 2.24) is 10.2 Å². The number of amides is 2. The summed E-state index contributed by atoms with van der Waals surface area (Å²) in [6.07, 6.45) is 2.31. The molecule has 0 radical (unpaired) electrons. The Morgan fingerprint density at radius 2 is 1.73 bits per heavy atom. The number of carbonyl (C=O) groups excluding carboxylic acids is 2. The summed E-state index contributed by atoms with van der Waals surface area (Å²) >= 11 is 7.81. The van der Waals surface area contributed by atoms with Crippen LogP contribution in [-0.2, 0) is 28.3 Å². The van der Waals surface area contributed by atoms with Gasteiger partial charge in [0.25, 0.3) is 0 Å². The first-order valence-corrected chi connectivity index (χ1v) is 14.1. The Morgan fingerprint density at radius 1 is 1.00 bits per heavy atom. The van der Waals surface area contributed by atoms with Gasteiger partial charge in [-0.25, -0.2) is 0 Å². The molecule has 2 amide bonds. The molecule has 0 aliphatic carbocycles. The predicted octanol–water partition coefficient (Wildman–Crippen LogP) is 6.14. The van der Waals surface area contributed by atoms with E-state index in [9.17, 15) is 9.59 Å². The van der Waals surface area contributed by atoms with E-state index in [1.165, 1.54) is 11.8 Å². The number of benzene rings is 3. The number of thioether (sulfide) groups is 1. The smallest absolute Gasteiger partial charge is 0.243 e. The van der Waals surface area contributed by atoms with Gasteiger partial charge in [0.1, 0.15) is 11.8 Å². The topological polar surface area (TPSA) is 58.6 Å². The molecule has 196 valence electrons. The van der Waals surface area contributed by atoms with Gasteiger partial charge < -0.3 is 15.0 Å². The third-order valence-corrected chi connectivity index (χ3v) is 7.36. The first-order chi connectivity index (χ1) is 18.0. The molecule has 0 aromatic heterocycles. The standard InChI is InChI=1S/C30H35ClN2O3S/c1-3-4-17-32-30(35)28(19-23-11-6-5-7-12-23)33(20-24-13-10-15-26(18-24)36-2)29(34)22-37-21-25-14-8-9-16-27(25)31/h5-16,18,28H,3-4,17,19-22H2,1-2H3,(H,32,35)/t28-/m1/s1. The van der Waals surface area contributed by atoms with Gasteiger partial charge in [0.05, 0.1) is 12.9 Å². The van der Waals surface area contributed by atoms with Gasteiger partial charge in [-0.1, -0.05) is 85.6 Å². The molecule has 0 aliphatic heterocycles. The average molecular weight is 539 g/mol. The highest BCUT2D eigenvalue weighted by atomic mass is 35.5. The Bertz CT molecular complexity index is 1140. The summed E-state index contributed by atoms with van der Waals surface area (Å²) in [7, 11) is 1.62. The Kier molecular flexibility index (Phi) is 11.9. The summed E-state index contributed by atoms with van der Waals surface area (Å²) < 4.78 is 5.39. The van der Waals surface area contributed by atoms with Crippen LogP contribution in [0.25, 0.3) is 0 Å². The third-order valence-electron chi connectivity index (χ3n) is 6.03. The van der Waals surface area contributed by atoms with Gasteiger partial charge in [0, 0.05) is 30.3 Å². The molecule has 7 heteroatoms. The number of hydrogen-bond acceptors (Lipinski definition) is 4. The van der Waals surface area contributed by atoms with Gasteiger partial charge in [-0.2, -0.15) is 0 Å². The number of rotatable bonds is 14. The molecule has 0 fully saturated rings. The summed E-state index contributed by atoms with van der Waals surface area (Å²) in [6.45, 7) is 2.98. The molecule has 0 aliphatic rings. The van der Waals surface area contributed by atoms with Crippen molar-refractivity contribution < 1.29 is 14.3 Å². The van der Waals surface area contributed by atoms with Gasteiger partial charge in [-0.15, -0.1) is 11.8 Å². The van der Waals surface area contributed by atoms with E-state index in [1.54, 1.807) is 12.0 Å². The SMILES string of the molecule is CCCCNC(=O)[C@@H](Cc1ccccc1)N(Cc1cccc(OC)c1)C(=O)CSCc1ccccc1Cl. The van der Waals surface area contributed by atoms with Gasteiger partial charge >= 0.3 is 0 Å². The van der Waals surface area contributed by atoms with Crippen LogP contribution >= 0.6 is 23.4 Å². The van der Waals surface area contributed by atoms with Crippen molar-refractivity contribution in [3.8, 4) is 5.75 Å². The Hall–Kier alpha value is -2.96. The van der Waals surface area contributed by atoms with Crippen LogP contribution in [0.5, 0.6) is 5.75 Å². The van der Waals surface area contributed by atoms with Crippen LogP contribution < -0.4 is 10.1 Å². The van der Waals surface area contributed by atoms with Crippen molar-refractivity contribution in [3.05, 3.63) is 101 Å². The molecule has 3 aromatic carbocycles. The lowest BCUT2D eigenvalue weighted by molar-refractivity contribution is -0.139. The maximum Gasteiger partial charge on any atom is 0.243 e. The fraction of sp³-hybridized carbons (Fsp3) is 0.333. The summed E-state index contributed by atoms with van der Waals surface area (Å²) in [5.74, 6) is 1.34. The number of halogens is 1. The summed E-state index contributed by atoms with van der Waals surface area (Å²) in [5.41, 5.74) is 2.90. The molecule has 0 saturated heterocycles. The molecule has 3 aromatic rings. The fourth-order valence-corrected chi connectivity index (χ4v) is 5.17. The second kappa shape index (κ2) is 15.3. The van der Waals surface area contributed by atoms with Gasteiger partial charge in [0.15, 0.2) is 0 Å². The van der Waals surface area contributed by atoms with Gasteiger partial charge in [-0.3, -0.25) is 9.59 Å². The molecule has 0 spiro atoms. The van der Waals surface area contributed by atoms with E-state index in [0.29, 0.717) is 36.0 Å². The molecular formula is C30H35ClN2O3S. The van der Waals surface area contributed by atoms with E-state index in [4.69, 9.17) is 16.3 Å². The number of ether oxygens (including phenoxy) is 1. The highest BCUT2D eigenvalue weighted by Gasteiger charge is 2.30. The molecule has 3 rings (SSSR count). The second-order valence-electron chi connectivity index (χ2n) is 8.81. The van der Waals surface area contributed by atoms with Crippen LogP contribution in [0.1, 0.15) is 36.5 Å². The van der Waals surface area contributed by atoms with Gasteiger partial charge in [-0.05, 0) is 41.3 Å². The largest absolute Gasteiger partial charge is 0.497 e. The van der Waals surface area contributed by atoms with Crippen molar-refractivity contribution in [2.75, 3.05) is 19.4 Å². The minimum Gasteiger partial charge on any atom is -0.497 e. The number of hydrogen-bond donors (Lipinski definition) is 1. The zero-order valence-electron chi connectivity index (χ0n) is 21.5.